The van der Waals surface area contributed by atoms with Gasteiger partial charge in [0.2, 0.25) is 0 Å². The average Bonchev–Trinajstić information content (AvgIpc) is 2.36. The molecule has 17 heavy (non-hydrogen) atoms. The van der Waals surface area contributed by atoms with Crippen LogP contribution in [0, 0.1) is 0 Å². The van der Waals surface area contributed by atoms with Gasteiger partial charge in [-0.15, -0.1) is 0 Å². The van der Waals surface area contributed by atoms with Crippen molar-refractivity contribution in [2.75, 3.05) is 7.05 Å². The average molecular weight is 315 g/mol. The van der Waals surface area contributed by atoms with E-state index in [1.165, 1.54) is 36.8 Å². The van der Waals surface area contributed by atoms with Gasteiger partial charge in [0.05, 0.1) is 11.1 Å². The molecule has 2 rings (SSSR count). The van der Waals surface area contributed by atoms with Crippen molar-refractivity contribution in [3.8, 4) is 0 Å². The molecule has 1 atom stereocenters. The minimum absolute atomic E-state index is 0.323. The van der Waals surface area contributed by atoms with E-state index in [1.54, 1.807) is 0 Å². The number of nitrogens with one attached hydrogen (secondary N) is 1. The molecule has 1 unspecified atom stereocenters. The molecule has 1 aromatic carbocycles. The van der Waals surface area contributed by atoms with Crippen molar-refractivity contribution in [1.82, 2.24) is 5.32 Å². The first-order valence-corrected chi connectivity index (χ1v) is 7.20. The summed E-state index contributed by atoms with van der Waals surface area (Å²) >= 11 is 9.52. The van der Waals surface area contributed by atoms with Crippen molar-refractivity contribution in [2.24, 2.45) is 0 Å². The summed E-state index contributed by atoms with van der Waals surface area (Å²) < 4.78 is 0.966. The monoisotopic (exact) mass is 313 g/mol. The minimum atomic E-state index is 0.323. The molecule has 0 aliphatic heterocycles. The molecule has 1 aromatic rings. The summed E-state index contributed by atoms with van der Waals surface area (Å²) in [6.07, 6.45) is 7.42. The molecule has 0 saturated carbocycles. The lowest BCUT2D eigenvalue weighted by molar-refractivity contribution is 0.593. The quantitative estimate of drug-likeness (QED) is 0.785. The molecule has 0 saturated heterocycles. The second-order valence-corrected chi connectivity index (χ2v) is 5.68. The molecule has 1 N–H and O–H groups in total. The van der Waals surface area contributed by atoms with Gasteiger partial charge in [0, 0.05) is 4.47 Å². The zero-order valence-electron chi connectivity index (χ0n) is 9.97. The molecule has 1 aliphatic rings. The Labute approximate surface area is 116 Å². The zero-order chi connectivity index (χ0) is 12.3. The highest BCUT2D eigenvalue weighted by atomic mass is 79.9. The molecule has 0 heterocycles. The van der Waals surface area contributed by atoms with Crippen LogP contribution in [0.15, 0.2) is 34.3 Å². The fraction of sp³-hybridized carbons (Fsp3) is 0.429. The van der Waals surface area contributed by atoms with Crippen LogP contribution >= 0.6 is 27.5 Å². The third-order valence-corrected chi connectivity index (χ3v) is 4.48. The van der Waals surface area contributed by atoms with Crippen LogP contribution in [0.1, 0.15) is 37.3 Å². The molecule has 0 aromatic heterocycles. The number of hydrogen-bond acceptors (Lipinski definition) is 1. The van der Waals surface area contributed by atoms with Gasteiger partial charge in [-0.3, -0.25) is 0 Å². The fourth-order valence-electron chi connectivity index (χ4n) is 2.38. The largest absolute Gasteiger partial charge is 0.310 e. The van der Waals surface area contributed by atoms with Gasteiger partial charge < -0.3 is 5.32 Å². The van der Waals surface area contributed by atoms with E-state index in [0.29, 0.717) is 6.04 Å². The molecule has 0 bridgehead atoms. The summed E-state index contributed by atoms with van der Waals surface area (Å²) in [4.78, 5) is 0. The van der Waals surface area contributed by atoms with E-state index in [-0.39, 0.29) is 0 Å². The number of benzene rings is 1. The molecule has 92 valence electrons. The normalized spacial score (nSPS) is 17.7. The standard InChI is InChI=1S/C14H17BrClN/c1-17-14(10-5-3-2-4-6-10)11-7-8-13(16)12(15)9-11/h5,7-9,14,17H,2-4,6H2,1H3. The SMILES string of the molecule is CNC(C1=CCCCC1)c1ccc(Cl)c(Br)c1. The van der Waals surface area contributed by atoms with E-state index >= 15 is 0 Å². The van der Waals surface area contributed by atoms with Crippen molar-refractivity contribution >= 4 is 27.5 Å². The van der Waals surface area contributed by atoms with Gasteiger partial charge in [0.25, 0.3) is 0 Å². The van der Waals surface area contributed by atoms with Crippen LogP contribution < -0.4 is 5.32 Å². The van der Waals surface area contributed by atoms with Crippen LogP contribution in [0.2, 0.25) is 5.02 Å². The Morgan fingerprint density at radius 3 is 2.76 bits per heavy atom. The Morgan fingerprint density at radius 1 is 1.35 bits per heavy atom. The number of hydrogen-bond donors (Lipinski definition) is 1. The van der Waals surface area contributed by atoms with Gasteiger partial charge in [-0.25, -0.2) is 0 Å². The van der Waals surface area contributed by atoms with Crippen molar-refractivity contribution < 1.29 is 0 Å². The minimum Gasteiger partial charge on any atom is -0.310 e. The summed E-state index contributed by atoms with van der Waals surface area (Å²) in [5.74, 6) is 0. The summed E-state index contributed by atoms with van der Waals surface area (Å²) in [6.45, 7) is 0. The maximum atomic E-state index is 6.03. The Hall–Kier alpha value is -0.310. The van der Waals surface area contributed by atoms with Gasteiger partial charge in [-0.1, -0.05) is 29.3 Å². The van der Waals surface area contributed by atoms with Crippen molar-refractivity contribution in [1.29, 1.82) is 0 Å². The highest BCUT2D eigenvalue weighted by Crippen LogP contribution is 2.32. The predicted octanol–water partition coefficient (Wildman–Crippen LogP) is 4.86. The Morgan fingerprint density at radius 2 is 2.18 bits per heavy atom. The van der Waals surface area contributed by atoms with E-state index in [0.717, 1.165) is 9.50 Å². The van der Waals surface area contributed by atoms with Gasteiger partial charge in [0.1, 0.15) is 0 Å². The van der Waals surface area contributed by atoms with E-state index in [1.807, 2.05) is 13.1 Å². The van der Waals surface area contributed by atoms with E-state index in [9.17, 15) is 0 Å². The molecular formula is C14H17BrClN. The maximum Gasteiger partial charge on any atom is 0.0548 e. The third kappa shape index (κ3) is 3.12. The first-order chi connectivity index (χ1) is 8.22. The summed E-state index contributed by atoms with van der Waals surface area (Å²) in [6, 6.07) is 6.49. The van der Waals surface area contributed by atoms with E-state index in [4.69, 9.17) is 11.6 Å². The second-order valence-electron chi connectivity index (χ2n) is 4.42. The molecule has 1 aliphatic carbocycles. The topological polar surface area (TPSA) is 12.0 Å². The summed E-state index contributed by atoms with van der Waals surface area (Å²) in [7, 11) is 2.02. The second kappa shape index (κ2) is 6.03. The zero-order valence-corrected chi connectivity index (χ0v) is 12.3. The van der Waals surface area contributed by atoms with Crippen LogP contribution in [0.4, 0.5) is 0 Å². The molecule has 0 fully saturated rings. The van der Waals surface area contributed by atoms with E-state index < -0.39 is 0 Å². The molecule has 0 radical (unpaired) electrons. The third-order valence-electron chi connectivity index (χ3n) is 3.26. The Bertz CT molecular complexity index is 428. The van der Waals surface area contributed by atoms with Gasteiger partial charge in [-0.2, -0.15) is 0 Å². The Balaban J connectivity index is 2.28. The molecule has 0 spiro atoms. The lowest BCUT2D eigenvalue weighted by atomic mass is 9.90. The summed E-state index contributed by atoms with van der Waals surface area (Å²) in [5.41, 5.74) is 2.78. The highest BCUT2D eigenvalue weighted by Gasteiger charge is 2.17. The van der Waals surface area contributed by atoms with Gasteiger partial charge in [-0.05, 0) is 66.4 Å². The molecular weight excluding hydrogens is 298 g/mol. The van der Waals surface area contributed by atoms with Crippen LogP contribution in [0.5, 0.6) is 0 Å². The molecule has 3 heteroatoms. The number of allylic oxidation sites excluding steroid dienone is 1. The lowest BCUT2D eigenvalue weighted by Crippen LogP contribution is -2.19. The van der Waals surface area contributed by atoms with Gasteiger partial charge in [0.15, 0.2) is 0 Å². The number of rotatable bonds is 3. The number of likely N-dealkylation sites (N-methyl/N-ethyl adjacent to an activating group) is 1. The lowest BCUT2D eigenvalue weighted by Gasteiger charge is -2.23. The van der Waals surface area contributed by atoms with Gasteiger partial charge >= 0.3 is 0 Å². The van der Waals surface area contributed by atoms with Crippen LogP contribution in [-0.4, -0.2) is 7.05 Å². The maximum absolute atomic E-state index is 6.03. The molecule has 1 nitrogen and oxygen atoms in total. The molecule has 0 amide bonds. The first-order valence-electron chi connectivity index (χ1n) is 6.03. The fourth-order valence-corrected chi connectivity index (χ4v) is 2.90. The van der Waals surface area contributed by atoms with Crippen molar-refractivity contribution in [3.63, 3.8) is 0 Å². The predicted molar refractivity (Wildman–Crippen MR) is 77.5 cm³/mol. The highest BCUT2D eigenvalue weighted by molar-refractivity contribution is 9.10. The van der Waals surface area contributed by atoms with Crippen LogP contribution in [0.25, 0.3) is 0 Å². The van der Waals surface area contributed by atoms with E-state index in [2.05, 4.69) is 39.5 Å². The van der Waals surface area contributed by atoms with Crippen LogP contribution in [0.3, 0.4) is 0 Å². The van der Waals surface area contributed by atoms with Crippen molar-refractivity contribution in [2.45, 2.75) is 31.7 Å². The summed E-state index contributed by atoms with van der Waals surface area (Å²) in [5, 5.41) is 4.17. The first kappa shape index (κ1) is 13.1. The van der Waals surface area contributed by atoms with Crippen molar-refractivity contribution in [3.05, 3.63) is 44.9 Å². The smallest absolute Gasteiger partial charge is 0.0548 e. The Kier molecular flexibility index (Phi) is 4.66. The van der Waals surface area contributed by atoms with Crippen LogP contribution in [-0.2, 0) is 0 Å². The number of halogens is 2.